The fourth-order valence-electron chi connectivity index (χ4n) is 2.27. The summed E-state index contributed by atoms with van der Waals surface area (Å²) < 4.78 is 16.8. The van der Waals surface area contributed by atoms with E-state index in [1.165, 1.54) is 0 Å². The summed E-state index contributed by atoms with van der Waals surface area (Å²) in [6.07, 6.45) is 0. The van der Waals surface area contributed by atoms with Crippen molar-refractivity contribution in [2.75, 3.05) is 26.9 Å². The van der Waals surface area contributed by atoms with E-state index in [9.17, 15) is 0 Å². The summed E-state index contributed by atoms with van der Waals surface area (Å²) in [4.78, 5) is 0. The maximum absolute atomic E-state index is 5.85. The number of ether oxygens (including phenoxy) is 3. The van der Waals surface area contributed by atoms with Gasteiger partial charge in [0.15, 0.2) is 11.5 Å². The van der Waals surface area contributed by atoms with E-state index in [2.05, 4.69) is 19.2 Å². The Morgan fingerprint density at radius 2 is 2.16 bits per heavy atom. The second kappa shape index (κ2) is 5.80. The molecule has 4 nitrogen and oxygen atoms in total. The Hall–Kier alpha value is -1.26. The van der Waals surface area contributed by atoms with Crippen LogP contribution in [0, 0.1) is 6.92 Å². The lowest BCUT2D eigenvalue weighted by atomic mass is 10.0. The SMILES string of the molecule is COc1cc(C)ccc1OCC1COCC(C)(C)N1. The molecule has 4 heteroatoms. The average molecular weight is 265 g/mol. The second-order valence-corrected chi connectivity index (χ2v) is 5.71. The van der Waals surface area contributed by atoms with Gasteiger partial charge >= 0.3 is 0 Å². The Kier molecular flexibility index (Phi) is 4.32. The van der Waals surface area contributed by atoms with Crippen LogP contribution in [-0.2, 0) is 4.74 Å². The molecule has 1 aromatic rings. The van der Waals surface area contributed by atoms with E-state index in [1.807, 2.05) is 25.1 Å². The fourth-order valence-corrected chi connectivity index (χ4v) is 2.27. The number of methoxy groups -OCH3 is 1. The van der Waals surface area contributed by atoms with E-state index < -0.39 is 0 Å². The van der Waals surface area contributed by atoms with Gasteiger partial charge in [0.05, 0.1) is 26.4 Å². The third-order valence-electron chi connectivity index (χ3n) is 3.14. The number of hydrogen-bond acceptors (Lipinski definition) is 4. The molecule has 1 aliphatic rings. The first-order valence-corrected chi connectivity index (χ1v) is 6.63. The van der Waals surface area contributed by atoms with Gasteiger partial charge in [-0.25, -0.2) is 0 Å². The highest BCUT2D eigenvalue weighted by atomic mass is 16.5. The van der Waals surface area contributed by atoms with E-state index in [-0.39, 0.29) is 11.6 Å². The molecule has 1 heterocycles. The zero-order valence-electron chi connectivity index (χ0n) is 12.2. The molecule has 1 aliphatic heterocycles. The molecule has 2 rings (SSSR count). The predicted octanol–water partition coefficient (Wildman–Crippen LogP) is 2.15. The van der Waals surface area contributed by atoms with Crippen LogP contribution in [0.1, 0.15) is 19.4 Å². The summed E-state index contributed by atoms with van der Waals surface area (Å²) in [5, 5.41) is 3.52. The quantitative estimate of drug-likeness (QED) is 0.905. The lowest BCUT2D eigenvalue weighted by Gasteiger charge is -2.36. The molecule has 1 N–H and O–H groups in total. The Morgan fingerprint density at radius 3 is 2.84 bits per heavy atom. The van der Waals surface area contributed by atoms with Gasteiger partial charge in [-0.1, -0.05) is 6.07 Å². The molecule has 0 aromatic heterocycles. The van der Waals surface area contributed by atoms with Crippen molar-refractivity contribution in [2.24, 2.45) is 0 Å². The smallest absolute Gasteiger partial charge is 0.161 e. The van der Waals surface area contributed by atoms with E-state index in [0.717, 1.165) is 23.7 Å². The minimum absolute atomic E-state index is 0.00361. The summed E-state index contributed by atoms with van der Waals surface area (Å²) in [7, 11) is 1.66. The summed E-state index contributed by atoms with van der Waals surface area (Å²) in [6, 6.07) is 6.15. The highest BCUT2D eigenvalue weighted by Crippen LogP contribution is 2.28. The minimum atomic E-state index is 0.00361. The van der Waals surface area contributed by atoms with Gasteiger partial charge in [-0.05, 0) is 38.5 Å². The van der Waals surface area contributed by atoms with Gasteiger partial charge in [-0.15, -0.1) is 0 Å². The average Bonchev–Trinajstić information content (AvgIpc) is 2.36. The highest BCUT2D eigenvalue weighted by molar-refractivity contribution is 5.42. The van der Waals surface area contributed by atoms with Gasteiger partial charge in [0.1, 0.15) is 6.61 Å². The third-order valence-corrected chi connectivity index (χ3v) is 3.14. The number of morpholine rings is 1. The zero-order chi connectivity index (χ0) is 13.9. The Labute approximate surface area is 115 Å². The Balaban J connectivity index is 1.95. The number of nitrogens with one attached hydrogen (secondary N) is 1. The topological polar surface area (TPSA) is 39.7 Å². The van der Waals surface area contributed by atoms with E-state index in [1.54, 1.807) is 7.11 Å². The van der Waals surface area contributed by atoms with Crippen molar-refractivity contribution in [3.8, 4) is 11.5 Å². The molecule has 0 saturated carbocycles. The number of aryl methyl sites for hydroxylation is 1. The van der Waals surface area contributed by atoms with Crippen LogP contribution in [0.25, 0.3) is 0 Å². The molecule has 0 radical (unpaired) electrons. The molecule has 106 valence electrons. The van der Waals surface area contributed by atoms with Gasteiger partial charge in [0.25, 0.3) is 0 Å². The summed E-state index contributed by atoms with van der Waals surface area (Å²) >= 11 is 0. The van der Waals surface area contributed by atoms with Gasteiger partial charge < -0.3 is 19.5 Å². The van der Waals surface area contributed by atoms with Gasteiger partial charge in [-0.3, -0.25) is 0 Å². The van der Waals surface area contributed by atoms with Crippen molar-refractivity contribution in [1.82, 2.24) is 5.32 Å². The number of hydrogen-bond donors (Lipinski definition) is 1. The minimum Gasteiger partial charge on any atom is -0.493 e. The first kappa shape index (κ1) is 14.2. The van der Waals surface area contributed by atoms with E-state index in [4.69, 9.17) is 14.2 Å². The molecule has 0 spiro atoms. The standard InChI is InChI=1S/C15H23NO3/c1-11-5-6-13(14(7-11)17-4)19-9-12-8-18-10-15(2,3)16-12/h5-7,12,16H,8-10H2,1-4H3. The molecule has 1 unspecified atom stereocenters. The molecule has 1 fully saturated rings. The maximum atomic E-state index is 5.85. The molecule has 0 amide bonds. The molecular weight excluding hydrogens is 242 g/mol. The van der Waals surface area contributed by atoms with Crippen molar-refractivity contribution < 1.29 is 14.2 Å². The van der Waals surface area contributed by atoms with Gasteiger partial charge in [0.2, 0.25) is 0 Å². The Bertz CT molecular complexity index is 431. The summed E-state index contributed by atoms with van der Waals surface area (Å²) in [5.41, 5.74) is 1.16. The van der Waals surface area contributed by atoms with Crippen molar-refractivity contribution in [2.45, 2.75) is 32.4 Å². The molecular formula is C15H23NO3. The third kappa shape index (κ3) is 3.85. The van der Waals surface area contributed by atoms with Crippen LogP contribution in [-0.4, -0.2) is 38.5 Å². The molecule has 19 heavy (non-hydrogen) atoms. The van der Waals surface area contributed by atoms with Crippen LogP contribution in [0.4, 0.5) is 0 Å². The van der Waals surface area contributed by atoms with Crippen LogP contribution < -0.4 is 14.8 Å². The van der Waals surface area contributed by atoms with Crippen molar-refractivity contribution in [3.63, 3.8) is 0 Å². The first-order valence-electron chi connectivity index (χ1n) is 6.63. The molecule has 0 bridgehead atoms. The van der Waals surface area contributed by atoms with Crippen molar-refractivity contribution >= 4 is 0 Å². The maximum Gasteiger partial charge on any atom is 0.161 e. The highest BCUT2D eigenvalue weighted by Gasteiger charge is 2.28. The lowest BCUT2D eigenvalue weighted by Crippen LogP contribution is -2.57. The Morgan fingerprint density at radius 1 is 1.37 bits per heavy atom. The van der Waals surface area contributed by atoms with Crippen molar-refractivity contribution in [1.29, 1.82) is 0 Å². The van der Waals surface area contributed by atoms with Crippen LogP contribution in [0.3, 0.4) is 0 Å². The predicted molar refractivity (Wildman–Crippen MR) is 75.0 cm³/mol. The number of rotatable bonds is 4. The summed E-state index contributed by atoms with van der Waals surface area (Å²) in [5.74, 6) is 1.55. The normalized spacial score (nSPS) is 22.0. The molecule has 1 atom stereocenters. The van der Waals surface area contributed by atoms with Crippen LogP contribution in [0.2, 0.25) is 0 Å². The second-order valence-electron chi connectivity index (χ2n) is 5.71. The van der Waals surface area contributed by atoms with Crippen molar-refractivity contribution in [3.05, 3.63) is 23.8 Å². The molecule has 1 aromatic carbocycles. The monoisotopic (exact) mass is 265 g/mol. The van der Waals surface area contributed by atoms with E-state index >= 15 is 0 Å². The zero-order valence-corrected chi connectivity index (χ0v) is 12.2. The lowest BCUT2D eigenvalue weighted by molar-refractivity contribution is 0.000723. The van der Waals surface area contributed by atoms with Crippen LogP contribution >= 0.6 is 0 Å². The molecule has 1 saturated heterocycles. The fraction of sp³-hybridized carbons (Fsp3) is 0.600. The van der Waals surface area contributed by atoms with Crippen LogP contribution in [0.5, 0.6) is 11.5 Å². The summed E-state index contributed by atoms with van der Waals surface area (Å²) in [6.45, 7) is 8.28. The molecule has 0 aliphatic carbocycles. The van der Waals surface area contributed by atoms with E-state index in [0.29, 0.717) is 13.2 Å². The van der Waals surface area contributed by atoms with Gasteiger partial charge in [-0.2, -0.15) is 0 Å². The van der Waals surface area contributed by atoms with Gasteiger partial charge in [0, 0.05) is 5.54 Å². The van der Waals surface area contributed by atoms with Crippen LogP contribution in [0.15, 0.2) is 18.2 Å². The first-order chi connectivity index (χ1) is 9.00. The largest absolute Gasteiger partial charge is 0.493 e. The number of benzene rings is 1.